The molecule has 0 amide bonds. The lowest BCUT2D eigenvalue weighted by Crippen LogP contribution is -2.57. The highest BCUT2D eigenvalue weighted by Crippen LogP contribution is 2.43. The van der Waals surface area contributed by atoms with Gasteiger partial charge in [-0.05, 0) is 25.7 Å². The normalized spacial score (nSPS) is 37.3. The second kappa shape index (κ2) is 4.01. The van der Waals surface area contributed by atoms with E-state index in [-0.39, 0.29) is 6.04 Å². The van der Waals surface area contributed by atoms with Gasteiger partial charge < -0.3 is 10.3 Å². The van der Waals surface area contributed by atoms with Gasteiger partial charge in [-0.15, -0.1) is 0 Å². The highest BCUT2D eigenvalue weighted by Gasteiger charge is 2.45. The lowest BCUT2D eigenvalue weighted by Gasteiger charge is -2.46. The topological polar surface area (TPSA) is 71.4 Å². The van der Waals surface area contributed by atoms with Gasteiger partial charge in [0.25, 0.3) is 0 Å². The molecular weight excluding hydrogens is 242 g/mol. The van der Waals surface area contributed by atoms with Crippen molar-refractivity contribution < 1.29 is 4.52 Å². The molecule has 0 aromatic carbocycles. The second-order valence-electron chi connectivity index (χ2n) is 6.37. The third kappa shape index (κ3) is 1.89. The smallest absolute Gasteiger partial charge is 0.246 e. The third-order valence-corrected chi connectivity index (χ3v) is 4.90. The van der Waals surface area contributed by atoms with Crippen LogP contribution < -0.4 is 5.73 Å². The van der Waals surface area contributed by atoms with Gasteiger partial charge in [0.1, 0.15) is 0 Å². The van der Waals surface area contributed by atoms with Gasteiger partial charge in [-0.2, -0.15) is 4.98 Å². The first kappa shape index (κ1) is 11.8. The zero-order valence-electron chi connectivity index (χ0n) is 11.4. The van der Waals surface area contributed by atoms with Crippen LogP contribution in [-0.4, -0.2) is 52.7 Å². The van der Waals surface area contributed by atoms with Crippen LogP contribution in [0.5, 0.6) is 0 Å². The standard InChI is InChI=1S/C13H21N5O/c1-13(14,9-2-3-9)12-15-11(16-19-12)10-8-17-4-6-18(10)7-5-17/h9-10H,2-8,14H2,1H3. The summed E-state index contributed by atoms with van der Waals surface area (Å²) in [6, 6.07) is 0.287. The molecule has 1 saturated carbocycles. The summed E-state index contributed by atoms with van der Waals surface area (Å²) in [6.45, 7) is 7.58. The van der Waals surface area contributed by atoms with Crippen molar-refractivity contribution in [3.8, 4) is 0 Å². The van der Waals surface area contributed by atoms with Gasteiger partial charge in [0.2, 0.25) is 5.89 Å². The quantitative estimate of drug-likeness (QED) is 0.847. The fourth-order valence-electron chi connectivity index (χ4n) is 3.31. The van der Waals surface area contributed by atoms with Gasteiger partial charge >= 0.3 is 0 Å². The van der Waals surface area contributed by atoms with Crippen molar-refractivity contribution in [2.75, 3.05) is 32.7 Å². The number of nitrogens with two attached hydrogens (primary N) is 1. The molecule has 6 nitrogen and oxygen atoms in total. The van der Waals surface area contributed by atoms with E-state index in [0.717, 1.165) is 38.5 Å². The number of piperazine rings is 3. The van der Waals surface area contributed by atoms with Gasteiger partial charge in [0.05, 0.1) is 11.6 Å². The first-order valence-electron chi connectivity index (χ1n) is 7.24. The van der Waals surface area contributed by atoms with E-state index in [4.69, 9.17) is 10.3 Å². The number of hydrogen-bond donors (Lipinski definition) is 1. The van der Waals surface area contributed by atoms with Crippen LogP contribution in [0.1, 0.15) is 37.5 Å². The molecule has 1 aliphatic carbocycles. The first-order valence-corrected chi connectivity index (χ1v) is 7.24. The molecule has 2 N–H and O–H groups in total. The Morgan fingerprint density at radius 3 is 2.58 bits per heavy atom. The van der Waals surface area contributed by atoms with Crippen LogP contribution in [0.3, 0.4) is 0 Å². The summed E-state index contributed by atoms with van der Waals surface area (Å²) in [5.41, 5.74) is 5.89. The van der Waals surface area contributed by atoms with Gasteiger partial charge in [0.15, 0.2) is 5.82 Å². The minimum atomic E-state index is -0.450. The van der Waals surface area contributed by atoms with Crippen LogP contribution in [-0.2, 0) is 5.54 Å². The van der Waals surface area contributed by atoms with E-state index >= 15 is 0 Å². The van der Waals surface area contributed by atoms with Crippen LogP contribution in [0.4, 0.5) is 0 Å². The molecule has 4 fully saturated rings. The first-order chi connectivity index (χ1) is 9.14. The Morgan fingerprint density at radius 1 is 1.26 bits per heavy atom. The average molecular weight is 263 g/mol. The molecule has 1 aromatic rings. The molecule has 2 atom stereocenters. The zero-order valence-corrected chi connectivity index (χ0v) is 11.4. The number of rotatable bonds is 3. The van der Waals surface area contributed by atoms with Gasteiger partial charge in [0, 0.05) is 32.7 Å². The van der Waals surface area contributed by atoms with Crippen molar-refractivity contribution in [1.82, 2.24) is 19.9 Å². The maximum absolute atomic E-state index is 6.34. The summed E-state index contributed by atoms with van der Waals surface area (Å²) in [7, 11) is 0. The van der Waals surface area contributed by atoms with E-state index in [2.05, 4.69) is 19.9 Å². The summed E-state index contributed by atoms with van der Waals surface area (Å²) >= 11 is 0. The lowest BCUT2D eigenvalue weighted by molar-refractivity contribution is 0.00781. The summed E-state index contributed by atoms with van der Waals surface area (Å²) < 4.78 is 5.46. The Morgan fingerprint density at radius 2 is 2.00 bits per heavy atom. The minimum Gasteiger partial charge on any atom is -0.337 e. The van der Waals surface area contributed by atoms with Crippen molar-refractivity contribution >= 4 is 0 Å². The molecule has 19 heavy (non-hydrogen) atoms. The Bertz CT molecular complexity index is 473. The Hall–Kier alpha value is -0.980. The molecule has 6 heteroatoms. The molecule has 4 aliphatic rings. The largest absolute Gasteiger partial charge is 0.337 e. The molecule has 104 valence electrons. The van der Waals surface area contributed by atoms with Crippen LogP contribution in [0, 0.1) is 5.92 Å². The summed E-state index contributed by atoms with van der Waals surface area (Å²) in [6.07, 6.45) is 2.35. The van der Waals surface area contributed by atoms with Gasteiger partial charge in [-0.1, -0.05) is 5.16 Å². The molecule has 3 saturated heterocycles. The van der Waals surface area contributed by atoms with Crippen molar-refractivity contribution in [1.29, 1.82) is 0 Å². The maximum atomic E-state index is 6.34. The highest BCUT2D eigenvalue weighted by atomic mass is 16.5. The molecule has 2 bridgehead atoms. The minimum absolute atomic E-state index is 0.287. The molecular formula is C13H21N5O. The van der Waals surface area contributed by atoms with Crippen molar-refractivity contribution in [2.45, 2.75) is 31.3 Å². The maximum Gasteiger partial charge on any atom is 0.246 e. The van der Waals surface area contributed by atoms with Crippen LogP contribution in [0.15, 0.2) is 4.52 Å². The third-order valence-electron chi connectivity index (χ3n) is 4.90. The molecule has 5 rings (SSSR count). The molecule has 0 radical (unpaired) electrons. The fourth-order valence-corrected chi connectivity index (χ4v) is 3.31. The molecule has 1 aromatic heterocycles. The van der Waals surface area contributed by atoms with E-state index in [1.807, 2.05) is 6.92 Å². The summed E-state index contributed by atoms with van der Waals surface area (Å²) in [5.74, 6) is 1.94. The molecule has 2 unspecified atom stereocenters. The van der Waals surface area contributed by atoms with E-state index in [0.29, 0.717) is 11.8 Å². The SMILES string of the molecule is CC(N)(c1nc(C2CN3CCN2CC3)no1)C1CC1. The predicted octanol–water partition coefficient (Wildman–Crippen LogP) is 0.326. The predicted molar refractivity (Wildman–Crippen MR) is 69.3 cm³/mol. The number of hydrogen-bond acceptors (Lipinski definition) is 6. The Kier molecular flexibility index (Phi) is 2.49. The van der Waals surface area contributed by atoms with Crippen molar-refractivity contribution in [2.24, 2.45) is 11.7 Å². The lowest BCUT2D eigenvalue weighted by atomic mass is 9.97. The number of nitrogens with zero attached hydrogens (tertiary/aromatic N) is 4. The monoisotopic (exact) mass is 263 g/mol. The van der Waals surface area contributed by atoms with E-state index in [9.17, 15) is 0 Å². The highest BCUT2D eigenvalue weighted by molar-refractivity contribution is 5.10. The van der Waals surface area contributed by atoms with Crippen LogP contribution in [0.2, 0.25) is 0 Å². The van der Waals surface area contributed by atoms with E-state index < -0.39 is 5.54 Å². The Labute approximate surface area is 112 Å². The van der Waals surface area contributed by atoms with Gasteiger partial charge in [-0.3, -0.25) is 9.80 Å². The molecule has 3 aliphatic heterocycles. The van der Waals surface area contributed by atoms with Crippen molar-refractivity contribution in [3.05, 3.63) is 11.7 Å². The number of aromatic nitrogens is 2. The zero-order chi connectivity index (χ0) is 13.0. The van der Waals surface area contributed by atoms with Crippen LogP contribution in [0.25, 0.3) is 0 Å². The second-order valence-corrected chi connectivity index (χ2v) is 6.37. The summed E-state index contributed by atoms with van der Waals surface area (Å²) in [5, 5.41) is 4.20. The van der Waals surface area contributed by atoms with E-state index in [1.165, 1.54) is 12.8 Å². The molecule has 0 spiro atoms. The Balaban J connectivity index is 1.58. The van der Waals surface area contributed by atoms with Crippen molar-refractivity contribution in [3.63, 3.8) is 0 Å². The molecule has 4 heterocycles. The fraction of sp³-hybridized carbons (Fsp3) is 0.846. The average Bonchev–Trinajstić information content (AvgIpc) is 3.18. The van der Waals surface area contributed by atoms with Gasteiger partial charge in [-0.25, -0.2) is 0 Å². The van der Waals surface area contributed by atoms with E-state index in [1.54, 1.807) is 0 Å². The summed E-state index contributed by atoms with van der Waals surface area (Å²) in [4.78, 5) is 9.55. The van der Waals surface area contributed by atoms with Crippen LogP contribution >= 0.6 is 0 Å². The number of fused-ring (bicyclic) bond motifs is 3.